The Morgan fingerprint density at radius 1 is 1.26 bits per heavy atom. The van der Waals surface area contributed by atoms with E-state index >= 15 is 0 Å². The van der Waals surface area contributed by atoms with Crippen molar-refractivity contribution in [2.75, 3.05) is 0 Å². The fraction of sp³-hybridized carbons (Fsp3) is 0.214. The molecule has 0 fully saturated rings. The van der Waals surface area contributed by atoms with Gasteiger partial charge in [0.05, 0.1) is 5.39 Å². The van der Waals surface area contributed by atoms with Crippen molar-refractivity contribution in [2.45, 2.75) is 19.9 Å². The molecular weight excluding hydrogens is 240 g/mol. The van der Waals surface area contributed by atoms with Gasteiger partial charge in [-0.15, -0.1) is 0 Å². The topological polar surface area (TPSA) is 63.6 Å². The Bertz CT molecular complexity index is 758. The highest BCUT2D eigenvalue weighted by atomic mass is 16.1. The summed E-state index contributed by atoms with van der Waals surface area (Å²) in [5, 5.41) is 3.45. The van der Waals surface area contributed by atoms with E-state index in [1.165, 1.54) is 0 Å². The van der Waals surface area contributed by atoms with E-state index in [-0.39, 0.29) is 5.56 Å². The van der Waals surface area contributed by atoms with Gasteiger partial charge in [-0.05, 0) is 30.2 Å². The average Bonchev–Trinajstić information content (AvgIpc) is 2.77. The first-order valence-corrected chi connectivity index (χ1v) is 6.28. The summed E-state index contributed by atoms with van der Waals surface area (Å²) in [5.41, 5.74) is 2.55. The van der Waals surface area contributed by atoms with E-state index in [2.05, 4.69) is 22.0 Å². The number of hydrogen-bond acceptors (Lipinski definition) is 3. The summed E-state index contributed by atoms with van der Waals surface area (Å²) >= 11 is 0. The zero-order valence-corrected chi connectivity index (χ0v) is 10.6. The predicted molar refractivity (Wildman–Crippen MR) is 73.9 cm³/mol. The summed E-state index contributed by atoms with van der Waals surface area (Å²) in [4.78, 5) is 20.3. The molecule has 0 amide bonds. The molecule has 3 aromatic rings. The van der Waals surface area contributed by atoms with Gasteiger partial charge in [0, 0.05) is 30.7 Å². The third-order valence-electron chi connectivity index (χ3n) is 3.06. The molecule has 0 spiro atoms. The summed E-state index contributed by atoms with van der Waals surface area (Å²) < 4.78 is 1.80. The van der Waals surface area contributed by atoms with Gasteiger partial charge in [0.15, 0.2) is 5.65 Å². The maximum absolute atomic E-state index is 11.9. The van der Waals surface area contributed by atoms with Crippen LogP contribution in [0, 0.1) is 0 Å². The number of fused-ring (bicyclic) bond motifs is 1. The highest BCUT2D eigenvalue weighted by Crippen LogP contribution is 2.20. The summed E-state index contributed by atoms with van der Waals surface area (Å²) in [5.74, 6) is 0. The molecular formula is C14H14N4O. The Hall–Kier alpha value is -2.43. The van der Waals surface area contributed by atoms with Crippen LogP contribution in [0.1, 0.15) is 13.3 Å². The molecule has 0 aliphatic rings. The van der Waals surface area contributed by atoms with Gasteiger partial charge in [0.25, 0.3) is 5.56 Å². The van der Waals surface area contributed by atoms with Gasteiger partial charge >= 0.3 is 0 Å². The van der Waals surface area contributed by atoms with Crippen molar-refractivity contribution in [3.05, 3.63) is 47.1 Å². The molecule has 0 saturated heterocycles. The largest absolute Gasteiger partial charge is 0.273 e. The number of rotatable bonds is 3. The molecule has 0 aromatic carbocycles. The van der Waals surface area contributed by atoms with Crippen molar-refractivity contribution in [3.8, 4) is 11.1 Å². The fourth-order valence-corrected chi connectivity index (χ4v) is 2.16. The van der Waals surface area contributed by atoms with Gasteiger partial charge < -0.3 is 0 Å². The monoisotopic (exact) mass is 254 g/mol. The summed E-state index contributed by atoms with van der Waals surface area (Å²) in [6.45, 7) is 2.83. The van der Waals surface area contributed by atoms with Gasteiger partial charge in [0.1, 0.15) is 0 Å². The van der Waals surface area contributed by atoms with Crippen molar-refractivity contribution in [1.82, 2.24) is 19.7 Å². The predicted octanol–water partition coefficient (Wildman–Crippen LogP) is 2.20. The maximum atomic E-state index is 11.9. The number of aryl methyl sites for hydroxylation is 1. The molecule has 1 N–H and O–H groups in total. The second-order valence-electron chi connectivity index (χ2n) is 4.42. The van der Waals surface area contributed by atoms with Gasteiger partial charge in [0.2, 0.25) is 0 Å². The van der Waals surface area contributed by atoms with Gasteiger partial charge in [-0.3, -0.25) is 19.6 Å². The van der Waals surface area contributed by atoms with E-state index in [4.69, 9.17) is 0 Å². The van der Waals surface area contributed by atoms with Crippen LogP contribution >= 0.6 is 0 Å². The quantitative estimate of drug-likeness (QED) is 0.779. The molecule has 5 heteroatoms. The molecule has 0 aliphatic carbocycles. The lowest BCUT2D eigenvalue weighted by molar-refractivity contribution is 0.612. The SMILES string of the molecule is CCCn1[nH]c(=O)c2cc(-c3ccncc3)cnc21. The van der Waals surface area contributed by atoms with Crippen LogP contribution in [0.2, 0.25) is 0 Å². The highest BCUT2D eigenvalue weighted by molar-refractivity contribution is 5.80. The summed E-state index contributed by atoms with van der Waals surface area (Å²) in [6, 6.07) is 5.68. The van der Waals surface area contributed by atoms with Gasteiger partial charge in [-0.1, -0.05) is 6.92 Å². The first-order valence-electron chi connectivity index (χ1n) is 6.28. The lowest BCUT2D eigenvalue weighted by atomic mass is 10.1. The molecule has 0 bridgehead atoms. The number of pyridine rings is 2. The van der Waals surface area contributed by atoms with Crippen LogP contribution < -0.4 is 5.56 Å². The zero-order valence-electron chi connectivity index (χ0n) is 10.6. The molecule has 19 heavy (non-hydrogen) atoms. The average molecular weight is 254 g/mol. The van der Waals surface area contributed by atoms with E-state index in [1.54, 1.807) is 23.3 Å². The maximum Gasteiger partial charge on any atom is 0.273 e. The molecule has 0 saturated carbocycles. The van der Waals surface area contributed by atoms with Gasteiger partial charge in [-0.2, -0.15) is 0 Å². The van der Waals surface area contributed by atoms with Crippen molar-refractivity contribution < 1.29 is 0 Å². The minimum Gasteiger partial charge on any atom is -0.267 e. The molecule has 3 rings (SSSR count). The highest BCUT2D eigenvalue weighted by Gasteiger charge is 2.09. The van der Waals surface area contributed by atoms with Crippen molar-refractivity contribution in [1.29, 1.82) is 0 Å². The van der Waals surface area contributed by atoms with Crippen LogP contribution in [-0.4, -0.2) is 19.7 Å². The Morgan fingerprint density at radius 3 is 2.79 bits per heavy atom. The van der Waals surface area contributed by atoms with Crippen molar-refractivity contribution in [3.63, 3.8) is 0 Å². The zero-order chi connectivity index (χ0) is 13.2. The normalized spacial score (nSPS) is 11.0. The molecule has 0 atom stereocenters. The smallest absolute Gasteiger partial charge is 0.267 e. The van der Waals surface area contributed by atoms with Gasteiger partial charge in [-0.25, -0.2) is 4.98 Å². The number of H-pyrrole nitrogens is 1. The lowest BCUT2D eigenvalue weighted by Crippen LogP contribution is -2.05. The van der Waals surface area contributed by atoms with E-state index in [0.717, 1.165) is 24.1 Å². The molecule has 0 aliphatic heterocycles. The minimum absolute atomic E-state index is 0.0909. The van der Waals surface area contributed by atoms with Crippen molar-refractivity contribution >= 4 is 11.0 Å². The fourth-order valence-electron chi connectivity index (χ4n) is 2.16. The Morgan fingerprint density at radius 2 is 2.05 bits per heavy atom. The second-order valence-corrected chi connectivity index (χ2v) is 4.42. The second kappa shape index (κ2) is 4.68. The van der Waals surface area contributed by atoms with Crippen LogP contribution in [0.25, 0.3) is 22.2 Å². The number of nitrogens with zero attached hydrogens (tertiary/aromatic N) is 3. The molecule has 3 aromatic heterocycles. The first kappa shape index (κ1) is 11.6. The first-order chi connectivity index (χ1) is 9.29. The number of aromatic nitrogens is 4. The van der Waals surface area contributed by atoms with Crippen LogP contribution in [0.5, 0.6) is 0 Å². The Kier molecular flexibility index (Phi) is 2.87. The van der Waals surface area contributed by atoms with E-state index in [1.807, 2.05) is 18.2 Å². The Labute approximate surface area is 109 Å². The van der Waals surface area contributed by atoms with Crippen LogP contribution in [0.15, 0.2) is 41.6 Å². The summed E-state index contributed by atoms with van der Waals surface area (Å²) in [6.07, 6.45) is 6.20. The molecule has 5 nitrogen and oxygen atoms in total. The molecule has 96 valence electrons. The molecule has 3 heterocycles. The molecule has 0 radical (unpaired) electrons. The minimum atomic E-state index is -0.0909. The number of hydrogen-bond donors (Lipinski definition) is 1. The number of nitrogens with one attached hydrogen (secondary N) is 1. The van der Waals surface area contributed by atoms with E-state index in [0.29, 0.717) is 11.0 Å². The third kappa shape index (κ3) is 2.03. The van der Waals surface area contributed by atoms with E-state index < -0.39 is 0 Å². The van der Waals surface area contributed by atoms with E-state index in [9.17, 15) is 4.79 Å². The Balaban J connectivity index is 2.17. The molecule has 0 unspecified atom stereocenters. The van der Waals surface area contributed by atoms with Crippen LogP contribution in [-0.2, 0) is 6.54 Å². The lowest BCUT2D eigenvalue weighted by Gasteiger charge is -2.02. The standard InChI is InChI=1S/C14H14N4O/c1-2-7-18-13-12(14(19)17-18)8-11(9-16-13)10-3-5-15-6-4-10/h3-6,8-9H,2,7H2,1H3,(H,17,19). The van der Waals surface area contributed by atoms with Crippen LogP contribution in [0.3, 0.4) is 0 Å². The number of aromatic amines is 1. The van der Waals surface area contributed by atoms with Crippen LogP contribution in [0.4, 0.5) is 0 Å². The summed E-state index contributed by atoms with van der Waals surface area (Å²) in [7, 11) is 0. The third-order valence-corrected chi connectivity index (χ3v) is 3.06. The van der Waals surface area contributed by atoms with Crippen molar-refractivity contribution in [2.24, 2.45) is 0 Å².